The molecule has 0 bridgehead atoms. The van der Waals surface area contributed by atoms with Gasteiger partial charge in [-0.25, -0.2) is 4.39 Å². The molecule has 1 saturated heterocycles. The van der Waals surface area contributed by atoms with Crippen LogP contribution in [0.3, 0.4) is 0 Å². The van der Waals surface area contributed by atoms with Crippen LogP contribution < -0.4 is 5.32 Å². The number of carbonyl (C=O) groups excluding carboxylic acids is 1. The summed E-state index contributed by atoms with van der Waals surface area (Å²) >= 11 is 0. The lowest BCUT2D eigenvalue weighted by molar-refractivity contribution is -0.124. The van der Waals surface area contributed by atoms with Crippen LogP contribution in [0.4, 0.5) is 4.39 Å². The molecule has 2 fully saturated rings. The third kappa shape index (κ3) is 3.72. The number of piperazine rings is 1. The molecular weight excluding hydrogens is 317 g/mol. The van der Waals surface area contributed by atoms with Gasteiger partial charge in [-0.2, -0.15) is 0 Å². The van der Waals surface area contributed by atoms with Crippen LogP contribution in [0.1, 0.15) is 39.2 Å². The molecule has 1 aromatic carbocycles. The van der Waals surface area contributed by atoms with Crippen LogP contribution in [-0.2, 0) is 10.2 Å². The van der Waals surface area contributed by atoms with Gasteiger partial charge >= 0.3 is 0 Å². The number of hydrogen-bond donors (Lipinski definition) is 1. The van der Waals surface area contributed by atoms with Gasteiger partial charge in [0.1, 0.15) is 5.82 Å². The molecule has 1 aromatic rings. The van der Waals surface area contributed by atoms with Crippen molar-refractivity contribution >= 4 is 5.91 Å². The minimum Gasteiger partial charge on any atom is -0.353 e. The first-order valence-corrected chi connectivity index (χ1v) is 9.40. The molecule has 0 unspecified atom stereocenters. The maximum Gasteiger partial charge on any atom is 0.230 e. The van der Waals surface area contributed by atoms with Crippen LogP contribution >= 0.6 is 0 Å². The van der Waals surface area contributed by atoms with Gasteiger partial charge in [0.05, 0.1) is 5.41 Å². The third-order valence-corrected chi connectivity index (χ3v) is 5.93. The standard InChI is InChI=1S/C20H30FN3O/c1-4-23-11-13-24(14-12-23)19(2,3)15-22-18(25)20(9-10-20)16-7-5-6-8-17(16)21/h5-8H,4,9-15H2,1-3H3,(H,22,25). The van der Waals surface area contributed by atoms with E-state index in [9.17, 15) is 9.18 Å². The van der Waals surface area contributed by atoms with Gasteiger partial charge in [0.25, 0.3) is 0 Å². The first-order chi connectivity index (χ1) is 11.9. The Morgan fingerprint density at radius 3 is 2.40 bits per heavy atom. The molecule has 4 nitrogen and oxygen atoms in total. The van der Waals surface area contributed by atoms with E-state index in [-0.39, 0.29) is 17.3 Å². The van der Waals surface area contributed by atoms with Crippen molar-refractivity contribution in [1.82, 2.24) is 15.1 Å². The molecule has 3 rings (SSSR count). The van der Waals surface area contributed by atoms with Crippen molar-refractivity contribution in [1.29, 1.82) is 0 Å². The average Bonchev–Trinajstić information content (AvgIpc) is 3.42. The second-order valence-corrected chi connectivity index (χ2v) is 7.98. The number of carbonyl (C=O) groups is 1. The lowest BCUT2D eigenvalue weighted by Crippen LogP contribution is -2.58. The minimum absolute atomic E-state index is 0.0298. The minimum atomic E-state index is -0.650. The maximum atomic E-state index is 14.1. The Morgan fingerprint density at radius 1 is 1.20 bits per heavy atom. The summed E-state index contributed by atoms with van der Waals surface area (Å²) in [6, 6.07) is 6.67. The largest absolute Gasteiger partial charge is 0.353 e. The Labute approximate surface area is 150 Å². The number of halogens is 1. The molecule has 5 heteroatoms. The zero-order chi connectivity index (χ0) is 18.1. The summed E-state index contributed by atoms with van der Waals surface area (Å²) in [7, 11) is 0. The summed E-state index contributed by atoms with van der Waals surface area (Å²) in [6.45, 7) is 12.4. The predicted molar refractivity (Wildman–Crippen MR) is 98.1 cm³/mol. The van der Waals surface area contributed by atoms with Crippen LogP contribution in [0.15, 0.2) is 24.3 Å². The van der Waals surface area contributed by atoms with Gasteiger partial charge in [0.15, 0.2) is 0 Å². The van der Waals surface area contributed by atoms with Gasteiger partial charge in [-0.3, -0.25) is 9.69 Å². The van der Waals surface area contributed by atoms with Crippen LogP contribution in [0.2, 0.25) is 0 Å². The van der Waals surface area contributed by atoms with Crippen LogP contribution in [0.25, 0.3) is 0 Å². The van der Waals surface area contributed by atoms with E-state index in [1.807, 2.05) is 6.07 Å². The highest BCUT2D eigenvalue weighted by Gasteiger charge is 2.52. The van der Waals surface area contributed by atoms with Gasteiger partial charge in [0.2, 0.25) is 5.91 Å². The SMILES string of the molecule is CCN1CCN(C(C)(C)CNC(=O)C2(c3ccccc3F)CC2)CC1. The highest BCUT2D eigenvalue weighted by Crippen LogP contribution is 2.49. The smallest absolute Gasteiger partial charge is 0.230 e. The molecule has 138 valence electrons. The highest BCUT2D eigenvalue weighted by atomic mass is 19.1. The van der Waals surface area contributed by atoms with E-state index in [1.54, 1.807) is 12.1 Å². The molecule has 1 aliphatic carbocycles. The van der Waals surface area contributed by atoms with Gasteiger partial charge in [-0.1, -0.05) is 25.1 Å². The monoisotopic (exact) mass is 347 g/mol. The number of nitrogens with one attached hydrogen (secondary N) is 1. The number of likely N-dealkylation sites (N-methyl/N-ethyl adjacent to an activating group) is 1. The summed E-state index contributed by atoms with van der Waals surface area (Å²) in [5.74, 6) is -0.303. The van der Waals surface area contributed by atoms with Crippen molar-refractivity contribution in [3.8, 4) is 0 Å². The van der Waals surface area contributed by atoms with Gasteiger partial charge in [-0.15, -0.1) is 0 Å². The van der Waals surface area contributed by atoms with E-state index >= 15 is 0 Å². The quantitative estimate of drug-likeness (QED) is 0.858. The topological polar surface area (TPSA) is 35.6 Å². The van der Waals surface area contributed by atoms with E-state index < -0.39 is 5.41 Å². The van der Waals surface area contributed by atoms with Gasteiger partial charge in [-0.05, 0) is 39.3 Å². The summed E-state index contributed by atoms with van der Waals surface area (Å²) < 4.78 is 14.1. The van der Waals surface area contributed by atoms with Crippen molar-refractivity contribution < 1.29 is 9.18 Å². The lowest BCUT2D eigenvalue weighted by Gasteiger charge is -2.44. The Balaban J connectivity index is 1.59. The second-order valence-electron chi connectivity index (χ2n) is 7.98. The van der Waals surface area contributed by atoms with Gasteiger partial charge < -0.3 is 10.2 Å². The zero-order valence-electron chi connectivity index (χ0n) is 15.6. The molecular formula is C20H30FN3O. The molecule has 25 heavy (non-hydrogen) atoms. The second kappa shape index (κ2) is 7.04. The molecule has 1 aliphatic heterocycles. The zero-order valence-corrected chi connectivity index (χ0v) is 15.6. The molecule has 1 saturated carbocycles. The van der Waals surface area contributed by atoms with Crippen molar-refractivity contribution in [2.75, 3.05) is 39.3 Å². The van der Waals surface area contributed by atoms with E-state index in [1.165, 1.54) is 6.07 Å². The Kier molecular flexibility index (Phi) is 5.16. The normalized spacial score (nSPS) is 21.1. The van der Waals surface area contributed by atoms with Crippen molar-refractivity contribution in [2.45, 2.75) is 44.6 Å². The van der Waals surface area contributed by atoms with Crippen molar-refractivity contribution in [3.63, 3.8) is 0 Å². The number of benzene rings is 1. The molecule has 0 aromatic heterocycles. The number of amides is 1. The van der Waals surface area contributed by atoms with Gasteiger partial charge in [0, 0.05) is 43.8 Å². The Hall–Kier alpha value is -1.46. The van der Waals surface area contributed by atoms with Crippen LogP contribution in [-0.4, -0.2) is 60.5 Å². The summed E-state index contributed by atoms with van der Waals surface area (Å²) in [6.07, 6.45) is 1.46. The van der Waals surface area contributed by atoms with E-state index in [0.29, 0.717) is 12.1 Å². The fourth-order valence-corrected chi connectivity index (χ4v) is 3.84. The highest BCUT2D eigenvalue weighted by molar-refractivity contribution is 5.91. The Morgan fingerprint density at radius 2 is 1.84 bits per heavy atom. The fourth-order valence-electron chi connectivity index (χ4n) is 3.84. The third-order valence-electron chi connectivity index (χ3n) is 5.93. The summed E-state index contributed by atoms with van der Waals surface area (Å²) in [5.41, 5.74) is -0.203. The van der Waals surface area contributed by atoms with Crippen molar-refractivity contribution in [3.05, 3.63) is 35.6 Å². The molecule has 2 aliphatic rings. The first-order valence-electron chi connectivity index (χ1n) is 9.40. The molecule has 1 amide bonds. The van der Waals surface area contributed by atoms with E-state index in [4.69, 9.17) is 0 Å². The lowest BCUT2D eigenvalue weighted by atomic mass is 9.93. The number of rotatable bonds is 6. The van der Waals surface area contributed by atoms with Crippen LogP contribution in [0, 0.1) is 5.82 Å². The molecule has 1 N–H and O–H groups in total. The maximum absolute atomic E-state index is 14.1. The molecule has 0 radical (unpaired) electrons. The number of nitrogens with zero attached hydrogens (tertiary/aromatic N) is 2. The van der Waals surface area contributed by atoms with E-state index in [0.717, 1.165) is 45.6 Å². The fraction of sp³-hybridized carbons (Fsp3) is 0.650. The Bertz CT molecular complexity index is 619. The average molecular weight is 347 g/mol. The molecule has 0 atom stereocenters. The summed E-state index contributed by atoms with van der Waals surface area (Å²) in [4.78, 5) is 17.7. The van der Waals surface area contributed by atoms with E-state index in [2.05, 4.69) is 35.9 Å². The summed E-state index contributed by atoms with van der Waals surface area (Å²) in [5, 5.41) is 3.11. The predicted octanol–water partition coefficient (Wildman–Crippen LogP) is 2.39. The molecule has 1 heterocycles. The molecule has 0 spiro atoms. The van der Waals surface area contributed by atoms with Crippen molar-refractivity contribution in [2.24, 2.45) is 0 Å². The van der Waals surface area contributed by atoms with Crippen LogP contribution in [0.5, 0.6) is 0 Å². The first kappa shape index (κ1) is 18.3. The number of hydrogen-bond acceptors (Lipinski definition) is 3.